The zero-order valence-corrected chi connectivity index (χ0v) is 11.9. The maximum atomic E-state index is 4.47. The minimum atomic E-state index is 0.543. The number of likely N-dealkylation sites (N-methyl/N-ethyl adjacent to an activating group) is 1. The molecule has 1 heterocycles. The van der Waals surface area contributed by atoms with Crippen molar-refractivity contribution >= 4 is 24.0 Å². The number of nitrogens with zero attached hydrogens (tertiary/aromatic N) is 1. The number of thiol groups is 1. The van der Waals surface area contributed by atoms with Crippen LogP contribution in [-0.2, 0) is 6.42 Å². The first kappa shape index (κ1) is 12.5. The zero-order valence-electron chi connectivity index (χ0n) is 10.1. The van der Waals surface area contributed by atoms with Gasteiger partial charge < -0.3 is 4.90 Å². The van der Waals surface area contributed by atoms with Gasteiger partial charge in [-0.3, -0.25) is 0 Å². The summed E-state index contributed by atoms with van der Waals surface area (Å²) in [6, 6.07) is 5.01. The normalized spacial score (nSPS) is 20.0. The van der Waals surface area contributed by atoms with E-state index in [1.54, 1.807) is 0 Å². The molecule has 1 nitrogen and oxygen atoms in total. The fourth-order valence-electron chi connectivity index (χ4n) is 2.10. The van der Waals surface area contributed by atoms with Crippen LogP contribution >= 0.6 is 24.0 Å². The van der Waals surface area contributed by atoms with Crippen molar-refractivity contribution in [1.29, 1.82) is 0 Å². The molecule has 1 aliphatic carbocycles. The summed E-state index contributed by atoms with van der Waals surface area (Å²) in [7, 11) is 2.25. The van der Waals surface area contributed by atoms with Crippen LogP contribution < -0.4 is 0 Å². The van der Waals surface area contributed by atoms with E-state index in [2.05, 4.69) is 49.0 Å². The first-order valence-corrected chi connectivity index (χ1v) is 7.50. The highest BCUT2D eigenvalue weighted by Gasteiger charge is 2.42. The molecule has 0 aliphatic heterocycles. The predicted octanol–water partition coefficient (Wildman–Crippen LogP) is 3.32. The van der Waals surface area contributed by atoms with Gasteiger partial charge in [-0.05, 0) is 55.8 Å². The van der Waals surface area contributed by atoms with Gasteiger partial charge in [0.15, 0.2) is 0 Å². The number of rotatable bonds is 6. The molecule has 0 amide bonds. The van der Waals surface area contributed by atoms with Crippen LogP contribution in [0.2, 0.25) is 0 Å². The minimum Gasteiger partial charge on any atom is -0.303 e. The number of hydrogen-bond acceptors (Lipinski definition) is 3. The summed E-state index contributed by atoms with van der Waals surface area (Å²) in [5.74, 6) is 1.04. The quantitative estimate of drug-likeness (QED) is 0.763. The van der Waals surface area contributed by atoms with E-state index in [-0.39, 0.29) is 0 Å². The highest BCUT2D eigenvalue weighted by Crippen LogP contribution is 2.47. The van der Waals surface area contributed by atoms with Gasteiger partial charge in [-0.15, -0.1) is 11.3 Å². The molecule has 0 saturated heterocycles. The van der Waals surface area contributed by atoms with Crippen molar-refractivity contribution in [2.24, 2.45) is 5.41 Å². The van der Waals surface area contributed by atoms with Gasteiger partial charge in [0.05, 0.1) is 0 Å². The molecular formula is C13H21NS2. The second kappa shape index (κ2) is 5.11. The van der Waals surface area contributed by atoms with Crippen molar-refractivity contribution in [3.63, 3.8) is 0 Å². The summed E-state index contributed by atoms with van der Waals surface area (Å²) in [5, 5.41) is 2.16. The Hall–Kier alpha value is 0.01000. The molecule has 0 bridgehead atoms. The SMILES string of the molecule is CC(Cc1cccs1)N(C)CC1(CS)CC1. The molecule has 1 aliphatic rings. The van der Waals surface area contributed by atoms with Gasteiger partial charge in [0.1, 0.15) is 0 Å². The topological polar surface area (TPSA) is 3.24 Å². The van der Waals surface area contributed by atoms with Crippen LogP contribution in [0.3, 0.4) is 0 Å². The number of hydrogen-bond donors (Lipinski definition) is 1. The van der Waals surface area contributed by atoms with Crippen LogP contribution in [-0.4, -0.2) is 30.3 Å². The van der Waals surface area contributed by atoms with E-state index in [0.717, 1.165) is 5.75 Å². The van der Waals surface area contributed by atoms with E-state index in [1.165, 1.54) is 30.7 Å². The molecule has 1 atom stereocenters. The van der Waals surface area contributed by atoms with Crippen molar-refractivity contribution in [2.75, 3.05) is 19.3 Å². The lowest BCUT2D eigenvalue weighted by Crippen LogP contribution is -2.36. The smallest absolute Gasteiger partial charge is 0.0112 e. The summed E-state index contributed by atoms with van der Waals surface area (Å²) < 4.78 is 0. The van der Waals surface area contributed by atoms with E-state index < -0.39 is 0 Å². The Kier molecular flexibility index (Phi) is 3.98. The van der Waals surface area contributed by atoms with Gasteiger partial charge in [0, 0.05) is 17.5 Å². The Bertz CT molecular complexity index is 317. The summed E-state index contributed by atoms with van der Waals surface area (Å²) in [6.07, 6.45) is 3.91. The molecule has 2 rings (SSSR count). The Balaban J connectivity index is 1.82. The lowest BCUT2D eigenvalue weighted by Gasteiger charge is -2.28. The van der Waals surface area contributed by atoms with Crippen LogP contribution in [0.1, 0.15) is 24.6 Å². The molecule has 1 unspecified atom stereocenters. The Labute approximate surface area is 108 Å². The lowest BCUT2D eigenvalue weighted by molar-refractivity contribution is 0.217. The third kappa shape index (κ3) is 3.02. The van der Waals surface area contributed by atoms with Crippen LogP contribution in [0.4, 0.5) is 0 Å². The minimum absolute atomic E-state index is 0.543. The lowest BCUT2D eigenvalue weighted by atomic mass is 10.1. The van der Waals surface area contributed by atoms with Crippen molar-refractivity contribution in [3.05, 3.63) is 22.4 Å². The summed E-state index contributed by atoms with van der Waals surface area (Å²) in [4.78, 5) is 4.00. The summed E-state index contributed by atoms with van der Waals surface area (Å²) >= 11 is 6.34. The third-order valence-corrected chi connectivity index (χ3v) is 5.28. The summed E-state index contributed by atoms with van der Waals surface area (Å²) in [6.45, 7) is 3.54. The van der Waals surface area contributed by atoms with Crippen molar-refractivity contribution in [2.45, 2.75) is 32.2 Å². The second-order valence-corrected chi connectivity index (χ2v) is 6.55. The molecule has 0 spiro atoms. The fraction of sp³-hybridized carbons (Fsp3) is 0.692. The highest BCUT2D eigenvalue weighted by molar-refractivity contribution is 7.80. The maximum absolute atomic E-state index is 4.47. The molecular weight excluding hydrogens is 234 g/mol. The summed E-state index contributed by atoms with van der Waals surface area (Å²) in [5.41, 5.74) is 0.543. The van der Waals surface area contributed by atoms with Gasteiger partial charge in [-0.25, -0.2) is 0 Å². The Morgan fingerprint density at radius 2 is 2.31 bits per heavy atom. The van der Waals surface area contributed by atoms with Crippen LogP contribution in [0.15, 0.2) is 17.5 Å². The Morgan fingerprint density at radius 1 is 1.56 bits per heavy atom. The molecule has 3 heteroatoms. The van der Waals surface area contributed by atoms with E-state index in [1.807, 2.05) is 11.3 Å². The first-order chi connectivity index (χ1) is 7.65. The molecule has 1 aromatic heterocycles. The van der Waals surface area contributed by atoms with Crippen LogP contribution in [0.25, 0.3) is 0 Å². The molecule has 16 heavy (non-hydrogen) atoms. The highest BCUT2D eigenvalue weighted by atomic mass is 32.1. The predicted molar refractivity (Wildman–Crippen MR) is 75.6 cm³/mol. The maximum Gasteiger partial charge on any atom is 0.0112 e. The zero-order chi connectivity index (χ0) is 11.6. The van der Waals surface area contributed by atoms with Crippen LogP contribution in [0, 0.1) is 5.41 Å². The van der Waals surface area contributed by atoms with E-state index in [9.17, 15) is 0 Å². The second-order valence-electron chi connectivity index (χ2n) is 5.21. The van der Waals surface area contributed by atoms with Gasteiger partial charge >= 0.3 is 0 Å². The molecule has 90 valence electrons. The van der Waals surface area contributed by atoms with Gasteiger partial charge in [-0.2, -0.15) is 12.6 Å². The molecule has 1 aromatic rings. The average Bonchev–Trinajstić information content (AvgIpc) is 2.85. The molecule has 0 radical (unpaired) electrons. The molecule has 1 saturated carbocycles. The van der Waals surface area contributed by atoms with Crippen molar-refractivity contribution in [1.82, 2.24) is 4.90 Å². The monoisotopic (exact) mass is 255 g/mol. The Morgan fingerprint density at radius 3 is 2.81 bits per heavy atom. The van der Waals surface area contributed by atoms with Crippen molar-refractivity contribution in [3.8, 4) is 0 Å². The first-order valence-electron chi connectivity index (χ1n) is 5.99. The van der Waals surface area contributed by atoms with Crippen molar-refractivity contribution < 1.29 is 0 Å². The van der Waals surface area contributed by atoms with Gasteiger partial charge in [-0.1, -0.05) is 6.07 Å². The molecule has 0 N–H and O–H groups in total. The number of thiophene rings is 1. The average molecular weight is 255 g/mol. The van der Waals surface area contributed by atoms with E-state index >= 15 is 0 Å². The van der Waals surface area contributed by atoms with Crippen LogP contribution in [0.5, 0.6) is 0 Å². The van der Waals surface area contributed by atoms with E-state index in [4.69, 9.17) is 0 Å². The van der Waals surface area contributed by atoms with E-state index in [0.29, 0.717) is 11.5 Å². The largest absolute Gasteiger partial charge is 0.303 e. The van der Waals surface area contributed by atoms with Gasteiger partial charge in [0.2, 0.25) is 0 Å². The standard InChI is InChI=1S/C13H21NS2/c1-11(8-12-4-3-7-16-12)14(2)9-13(10-15)5-6-13/h3-4,7,11,15H,5-6,8-10H2,1-2H3. The molecule has 1 fully saturated rings. The van der Waals surface area contributed by atoms with Gasteiger partial charge in [0.25, 0.3) is 0 Å². The fourth-order valence-corrected chi connectivity index (χ4v) is 3.35. The third-order valence-electron chi connectivity index (χ3n) is 3.71. The molecule has 0 aromatic carbocycles.